The molecule has 1 aromatic rings. The second-order valence-electron chi connectivity index (χ2n) is 14.9. The van der Waals surface area contributed by atoms with Gasteiger partial charge in [-0.25, -0.2) is 4.79 Å². The molecule has 2 saturated carbocycles. The Morgan fingerprint density at radius 1 is 1.07 bits per heavy atom. The van der Waals surface area contributed by atoms with Crippen LogP contribution in [0.5, 0.6) is 0 Å². The predicted molar refractivity (Wildman–Crippen MR) is 159 cm³/mol. The van der Waals surface area contributed by atoms with Gasteiger partial charge in [-0.3, -0.25) is 19.2 Å². The third-order valence-electron chi connectivity index (χ3n) is 11.8. The lowest BCUT2D eigenvalue weighted by molar-refractivity contribution is -0.260. The van der Waals surface area contributed by atoms with Crippen molar-refractivity contribution in [3.63, 3.8) is 0 Å². The summed E-state index contributed by atoms with van der Waals surface area (Å²) in [5, 5.41) is 13.1. The van der Waals surface area contributed by atoms with Gasteiger partial charge in [0.05, 0.1) is 31.5 Å². The highest BCUT2D eigenvalue weighted by molar-refractivity contribution is 6.12. The van der Waals surface area contributed by atoms with E-state index in [1.54, 1.807) is 40.7 Å². The first-order valence-corrected chi connectivity index (χ1v) is 15.9. The lowest BCUT2D eigenvalue weighted by Crippen LogP contribution is -2.77. The SMILES string of the molecule is COC(=O)CC1C2(C)CC3(OC(=O)C(C)C)C1(C)C1=C(C(=O)C3(O)C2OC(=O)C(C)C)C2=CC(=O)OC(c3ccoc3)C2(C)CC1. The van der Waals surface area contributed by atoms with Gasteiger partial charge in [-0.15, -0.1) is 0 Å². The van der Waals surface area contributed by atoms with Gasteiger partial charge in [0.25, 0.3) is 0 Å². The minimum Gasteiger partial charge on any atom is -0.472 e. The minimum atomic E-state index is -2.54. The van der Waals surface area contributed by atoms with E-state index in [9.17, 15) is 24.3 Å². The zero-order valence-corrected chi connectivity index (χ0v) is 27.6. The number of hydrogen-bond donors (Lipinski definition) is 1. The number of rotatable bonds is 7. The van der Waals surface area contributed by atoms with Crippen LogP contribution in [0.1, 0.15) is 85.8 Å². The summed E-state index contributed by atoms with van der Waals surface area (Å²) in [5.74, 6) is -5.20. The summed E-state index contributed by atoms with van der Waals surface area (Å²) in [5.41, 5.74) is -6.10. The van der Waals surface area contributed by atoms with Gasteiger partial charge in [0.2, 0.25) is 11.4 Å². The molecule has 2 fully saturated rings. The van der Waals surface area contributed by atoms with E-state index in [0.29, 0.717) is 29.6 Å². The second-order valence-corrected chi connectivity index (χ2v) is 14.9. The van der Waals surface area contributed by atoms with Crippen LogP contribution in [0, 0.1) is 34.0 Å². The van der Waals surface area contributed by atoms with Crippen LogP contribution >= 0.6 is 0 Å². The first-order chi connectivity index (χ1) is 21.4. The molecule has 1 aromatic heterocycles. The fourth-order valence-electron chi connectivity index (χ4n) is 9.53. The molecule has 0 saturated heterocycles. The van der Waals surface area contributed by atoms with Crippen molar-refractivity contribution in [1.29, 1.82) is 0 Å². The number of ether oxygens (including phenoxy) is 4. The van der Waals surface area contributed by atoms with Gasteiger partial charge in [0, 0.05) is 46.3 Å². The molecule has 0 radical (unpaired) electrons. The highest BCUT2D eigenvalue weighted by atomic mass is 16.6. The topological polar surface area (TPSA) is 156 Å². The van der Waals surface area contributed by atoms with Crippen molar-refractivity contribution in [2.24, 2.45) is 34.0 Å². The van der Waals surface area contributed by atoms with Gasteiger partial charge in [0.15, 0.2) is 5.60 Å². The Morgan fingerprint density at radius 3 is 2.33 bits per heavy atom. The van der Waals surface area contributed by atoms with Crippen molar-refractivity contribution < 1.29 is 52.4 Å². The van der Waals surface area contributed by atoms with Gasteiger partial charge < -0.3 is 28.5 Å². The molecule has 2 heterocycles. The summed E-state index contributed by atoms with van der Waals surface area (Å²) < 4.78 is 28.7. The molecule has 0 spiro atoms. The summed E-state index contributed by atoms with van der Waals surface area (Å²) in [6.07, 6.45) is 2.55. The van der Waals surface area contributed by atoms with E-state index >= 15 is 4.79 Å². The third kappa shape index (κ3) is 3.77. The van der Waals surface area contributed by atoms with E-state index in [-0.39, 0.29) is 18.4 Å². The maximum Gasteiger partial charge on any atom is 0.331 e. The molecule has 1 aliphatic heterocycles. The number of esters is 4. The number of furan rings is 1. The largest absolute Gasteiger partial charge is 0.472 e. The van der Waals surface area contributed by atoms with Crippen molar-refractivity contribution in [1.82, 2.24) is 0 Å². The molecule has 1 N–H and O–H groups in total. The molecule has 6 rings (SSSR count). The van der Waals surface area contributed by atoms with Crippen molar-refractivity contribution in [2.75, 3.05) is 7.11 Å². The van der Waals surface area contributed by atoms with Crippen LogP contribution in [-0.4, -0.2) is 59.2 Å². The number of methoxy groups -OCH3 is 1. The van der Waals surface area contributed by atoms with E-state index in [2.05, 4.69) is 0 Å². The van der Waals surface area contributed by atoms with Crippen LogP contribution in [0.15, 0.2) is 45.8 Å². The van der Waals surface area contributed by atoms with E-state index < -0.39 is 87.1 Å². The molecule has 46 heavy (non-hydrogen) atoms. The van der Waals surface area contributed by atoms with Gasteiger partial charge in [-0.2, -0.15) is 0 Å². The van der Waals surface area contributed by atoms with Crippen LogP contribution in [0.4, 0.5) is 0 Å². The summed E-state index contributed by atoms with van der Waals surface area (Å²) in [6.45, 7) is 12.1. The lowest BCUT2D eigenvalue weighted by atomic mass is 9.43. The summed E-state index contributed by atoms with van der Waals surface area (Å²) in [7, 11) is 1.27. The van der Waals surface area contributed by atoms with Crippen molar-refractivity contribution in [2.45, 2.75) is 97.6 Å². The van der Waals surface area contributed by atoms with Gasteiger partial charge in [0.1, 0.15) is 12.2 Å². The van der Waals surface area contributed by atoms with Crippen molar-refractivity contribution >= 4 is 29.7 Å². The van der Waals surface area contributed by atoms with Crippen LogP contribution in [0.25, 0.3) is 0 Å². The van der Waals surface area contributed by atoms with E-state index in [1.165, 1.54) is 25.7 Å². The van der Waals surface area contributed by atoms with Gasteiger partial charge in [-0.1, -0.05) is 48.5 Å². The highest BCUT2D eigenvalue weighted by Gasteiger charge is 2.91. The molecule has 2 bridgehead atoms. The Labute approximate surface area is 267 Å². The van der Waals surface area contributed by atoms with Crippen LogP contribution in [0.2, 0.25) is 0 Å². The maximum absolute atomic E-state index is 15.2. The Morgan fingerprint density at radius 2 is 1.74 bits per heavy atom. The smallest absolute Gasteiger partial charge is 0.331 e. The molecular formula is C35H42O11. The standard InChI is InChI=1S/C35H42O11/c1-17(2)28(39)45-30-32(6)16-34(46-29(40)18(3)4)33(7,22(32)14-23(36)42-8)20-9-11-31(5)21(25(20)26(38)35(30,34)41)13-24(37)44-27(31)19-10-12-43-15-19/h10,12-13,15,17-18,22,27,30,41H,9,11,14,16H2,1-8H3. The van der Waals surface area contributed by atoms with Crippen molar-refractivity contribution in [3.8, 4) is 0 Å². The normalized spacial score (nSPS) is 39.1. The number of carbonyl (C=O) groups is 5. The predicted octanol–water partition coefficient (Wildman–Crippen LogP) is 4.33. The molecule has 11 heteroatoms. The number of cyclic esters (lactones) is 1. The van der Waals surface area contributed by atoms with Crippen LogP contribution in [-0.2, 0) is 42.9 Å². The summed E-state index contributed by atoms with van der Waals surface area (Å²) in [4.78, 5) is 68.3. The monoisotopic (exact) mass is 638 g/mol. The molecule has 8 unspecified atom stereocenters. The number of Topliss-reactive ketones (excluding diaryl/α,β-unsaturated/α-hetero) is 1. The Bertz CT molecular complexity index is 1600. The lowest BCUT2D eigenvalue weighted by Gasteiger charge is -2.63. The maximum atomic E-state index is 15.2. The molecule has 4 aliphatic carbocycles. The average molecular weight is 639 g/mol. The van der Waals surface area contributed by atoms with Gasteiger partial charge in [-0.05, 0) is 36.0 Å². The number of hydrogen-bond acceptors (Lipinski definition) is 11. The first-order valence-electron chi connectivity index (χ1n) is 15.9. The van der Waals surface area contributed by atoms with E-state index in [4.69, 9.17) is 23.4 Å². The second kappa shape index (κ2) is 10.1. The average Bonchev–Trinajstić information content (AvgIpc) is 3.64. The fraction of sp³-hybridized carbons (Fsp3) is 0.629. The fourth-order valence-corrected chi connectivity index (χ4v) is 9.53. The van der Waals surface area contributed by atoms with Crippen molar-refractivity contribution in [3.05, 3.63) is 47.0 Å². The molecule has 0 aromatic carbocycles. The zero-order valence-electron chi connectivity index (χ0n) is 27.6. The number of carbonyl (C=O) groups excluding carboxylic acids is 5. The van der Waals surface area contributed by atoms with Crippen LogP contribution < -0.4 is 0 Å². The number of ketones is 1. The molecule has 5 aliphatic rings. The first kappa shape index (κ1) is 32.2. The van der Waals surface area contributed by atoms with E-state index in [1.807, 2.05) is 13.8 Å². The Hall–Kier alpha value is -3.73. The van der Waals surface area contributed by atoms with Gasteiger partial charge >= 0.3 is 23.9 Å². The minimum absolute atomic E-state index is 0.0400. The molecule has 0 amide bonds. The third-order valence-corrected chi connectivity index (χ3v) is 11.8. The molecule has 11 nitrogen and oxygen atoms in total. The summed E-state index contributed by atoms with van der Waals surface area (Å²) in [6, 6.07) is 1.70. The Balaban J connectivity index is 1.66. The number of aliphatic hydroxyl groups is 1. The molecule has 8 atom stereocenters. The number of fused-ring (bicyclic) bond motifs is 4. The van der Waals surface area contributed by atoms with E-state index in [0.717, 1.165) is 0 Å². The Kier molecular flexibility index (Phi) is 7.10. The quantitative estimate of drug-likeness (QED) is 0.335. The summed E-state index contributed by atoms with van der Waals surface area (Å²) >= 11 is 0. The highest BCUT2D eigenvalue weighted by Crippen LogP contribution is 2.80. The molecular weight excluding hydrogens is 596 g/mol. The van der Waals surface area contributed by atoms with Crippen LogP contribution in [0.3, 0.4) is 0 Å². The molecule has 248 valence electrons. The zero-order chi connectivity index (χ0) is 33.8.